The van der Waals surface area contributed by atoms with E-state index in [4.69, 9.17) is 0 Å². The van der Waals surface area contributed by atoms with Crippen molar-refractivity contribution in [3.8, 4) is 0 Å². The monoisotopic (exact) mass is 183 g/mol. The zero-order valence-corrected chi connectivity index (χ0v) is 7.35. The Morgan fingerprint density at radius 2 is 2.00 bits per heavy atom. The molecule has 0 aromatic carbocycles. The van der Waals surface area contributed by atoms with Crippen molar-refractivity contribution in [3.05, 3.63) is 0 Å². The molecule has 2 heterocycles. The molecule has 0 aliphatic carbocycles. The quantitative estimate of drug-likeness (QED) is 0.436. The Kier molecular flexibility index (Phi) is 1.95. The molecule has 2 aliphatic rings. The van der Waals surface area contributed by atoms with Crippen LogP contribution in [-0.2, 0) is 4.79 Å². The molecule has 2 aliphatic heterocycles. The number of urea groups is 1. The SMILES string of the molecule is O=C1NC(=O)[C@@]2(CCCNCC2)N1. The summed E-state index contributed by atoms with van der Waals surface area (Å²) in [6.45, 7) is 1.71. The summed E-state index contributed by atoms with van der Waals surface area (Å²) >= 11 is 0. The lowest BCUT2D eigenvalue weighted by Gasteiger charge is -2.22. The largest absolute Gasteiger partial charge is 0.323 e. The molecule has 13 heavy (non-hydrogen) atoms. The van der Waals surface area contributed by atoms with E-state index in [1.54, 1.807) is 0 Å². The van der Waals surface area contributed by atoms with Gasteiger partial charge in [-0.1, -0.05) is 0 Å². The van der Waals surface area contributed by atoms with Crippen LogP contribution >= 0.6 is 0 Å². The zero-order chi connectivity index (χ0) is 9.31. The van der Waals surface area contributed by atoms with Crippen LogP contribution in [0.5, 0.6) is 0 Å². The van der Waals surface area contributed by atoms with E-state index in [9.17, 15) is 9.59 Å². The van der Waals surface area contributed by atoms with Gasteiger partial charge in [0, 0.05) is 0 Å². The Hall–Kier alpha value is -1.10. The fourth-order valence-corrected chi connectivity index (χ4v) is 1.95. The van der Waals surface area contributed by atoms with Crippen molar-refractivity contribution in [1.29, 1.82) is 0 Å². The van der Waals surface area contributed by atoms with Crippen LogP contribution in [0.1, 0.15) is 19.3 Å². The number of rotatable bonds is 0. The van der Waals surface area contributed by atoms with Crippen LogP contribution in [0.4, 0.5) is 4.79 Å². The van der Waals surface area contributed by atoms with Gasteiger partial charge in [0.1, 0.15) is 5.54 Å². The van der Waals surface area contributed by atoms with Crippen LogP contribution in [0.2, 0.25) is 0 Å². The minimum Gasteiger partial charge on any atom is -0.323 e. The first kappa shape index (κ1) is 8.50. The van der Waals surface area contributed by atoms with E-state index in [2.05, 4.69) is 16.0 Å². The summed E-state index contributed by atoms with van der Waals surface area (Å²) in [7, 11) is 0. The molecule has 2 rings (SSSR count). The second-order valence-corrected chi connectivity index (χ2v) is 3.59. The second kappa shape index (κ2) is 2.99. The van der Waals surface area contributed by atoms with Crippen LogP contribution < -0.4 is 16.0 Å². The Bertz CT molecular complexity index is 244. The van der Waals surface area contributed by atoms with E-state index in [1.807, 2.05) is 0 Å². The highest BCUT2D eigenvalue weighted by Gasteiger charge is 2.45. The molecule has 5 nitrogen and oxygen atoms in total. The molecule has 2 fully saturated rings. The summed E-state index contributed by atoms with van der Waals surface area (Å²) in [6.07, 6.45) is 2.34. The van der Waals surface area contributed by atoms with E-state index in [-0.39, 0.29) is 11.9 Å². The predicted molar refractivity (Wildman–Crippen MR) is 46.1 cm³/mol. The molecular weight excluding hydrogens is 170 g/mol. The fourth-order valence-electron chi connectivity index (χ4n) is 1.95. The number of hydrogen-bond donors (Lipinski definition) is 3. The van der Waals surface area contributed by atoms with E-state index in [0.717, 1.165) is 25.9 Å². The lowest BCUT2D eigenvalue weighted by molar-refractivity contribution is -0.124. The molecule has 72 valence electrons. The van der Waals surface area contributed by atoms with Gasteiger partial charge in [0.05, 0.1) is 0 Å². The van der Waals surface area contributed by atoms with E-state index in [1.165, 1.54) is 0 Å². The van der Waals surface area contributed by atoms with Gasteiger partial charge < -0.3 is 10.6 Å². The van der Waals surface area contributed by atoms with Gasteiger partial charge in [-0.05, 0) is 32.4 Å². The summed E-state index contributed by atoms with van der Waals surface area (Å²) in [6, 6.07) is -0.355. The Morgan fingerprint density at radius 3 is 2.69 bits per heavy atom. The molecule has 0 bridgehead atoms. The standard InChI is InChI=1S/C8H13N3O2/c12-6-8(11-7(13)10-6)2-1-4-9-5-3-8/h9H,1-5H2,(H2,10,11,12,13)/t8-/m0/s1. The third-order valence-corrected chi connectivity index (χ3v) is 2.70. The van der Waals surface area contributed by atoms with Gasteiger partial charge in [0.15, 0.2) is 0 Å². The molecular formula is C8H13N3O2. The molecule has 0 unspecified atom stereocenters. The van der Waals surface area contributed by atoms with Gasteiger partial charge in [0.25, 0.3) is 5.91 Å². The minimum absolute atomic E-state index is 0.166. The maximum absolute atomic E-state index is 11.5. The van der Waals surface area contributed by atoms with Crippen LogP contribution in [0.3, 0.4) is 0 Å². The van der Waals surface area contributed by atoms with Crippen molar-refractivity contribution in [1.82, 2.24) is 16.0 Å². The molecule has 0 aromatic rings. The Labute approximate surface area is 76.3 Å². The van der Waals surface area contributed by atoms with E-state index < -0.39 is 5.54 Å². The Balaban J connectivity index is 2.17. The predicted octanol–water partition coefficient (Wildman–Crippen LogP) is -0.662. The zero-order valence-electron chi connectivity index (χ0n) is 7.35. The third-order valence-electron chi connectivity index (χ3n) is 2.70. The molecule has 5 heteroatoms. The molecule has 1 spiro atoms. The third kappa shape index (κ3) is 1.39. The van der Waals surface area contributed by atoms with Crippen molar-refractivity contribution in [2.75, 3.05) is 13.1 Å². The smallest absolute Gasteiger partial charge is 0.322 e. The molecule has 0 radical (unpaired) electrons. The van der Waals surface area contributed by atoms with Gasteiger partial charge in [-0.25, -0.2) is 4.79 Å². The molecule has 3 amide bonds. The maximum Gasteiger partial charge on any atom is 0.322 e. The summed E-state index contributed by atoms with van der Waals surface area (Å²) < 4.78 is 0. The molecule has 0 saturated carbocycles. The van der Waals surface area contributed by atoms with Crippen molar-refractivity contribution in [2.45, 2.75) is 24.8 Å². The van der Waals surface area contributed by atoms with E-state index >= 15 is 0 Å². The highest BCUT2D eigenvalue weighted by molar-refractivity contribution is 6.07. The van der Waals surface area contributed by atoms with Crippen LogP contribution in [0, 0.1) is 0 Å². The number of carbonyl (C=O) groups is 2. The highest BCUT2D eigenvalue weighted by Crippen LogP contribution is 2.22. The first-order valence-electron chi connectivity index (χ1n) is 4.57. The number of amides is 3. The summed E-state index contributed by atoms with van der Waals surface area (Å²) in [4.78, 5) is 22.5. The fraction of sp³-hybridized carbons (Fsp3) is 0.750. The second-order valence-electron chi connectivity index (χ2n) is 3.59. The summed E-state index contributed by atoms with van der Waals surface area (Å²) in [5.41, 5.74) is -0.624. The van der Waals surface area contributed by atoms with Crippen molar-refractivity contribution in [3.63, 3.8) is 0 Å². The van der Waals surface area contributed by atoms with Gasteiger partial charge in [-0.3, -0.25) is 10.1 Å². The number of imide groups is 1. The molecule has 3 N–H and O–H groups in total. The van der Waals surface area contributed by atoms with Gasteiger partial charge in [-0.2, -0.15) is 0 Å². The first-order valence-corrected chi connectivity index (χ1v) is 4.57. The number of carbonyl (C=O) groups excluding carboxylic acids is 2. The lowest BCUT2D eigenvalue weighted by atomic mass is 9.91. The highest BCUT2D eigenvalue weighted by atomic mass is 16.2. The van der Waals surface area contributed by atoms with Gasteiger partial charge in [-0.15, -0.1) is 0 Å². The first-order chi connectivity index (χ1) is 6.23. The summed E-state index contributed by atoms with van der Waals surface area (Å²) in [5, 5.41) is 8.21. The number of nitrogens with one attached hydrogen (secondary N) is 3. The summed E-state index contributed by atoms with van der Waals surface area (Å²) in [5.74, 6) is -0.166. The molecule has 0 aromatic heterocycles. The number of hydrogen-bond acceptors (Lipinski definition) is 3. The van der Waals surface area contributed by atoms with Crippen LogP contribution in [0.25, 0.3) is 0 Å². The topological polar surface area (TPSA) is 70.2 Å². The minimum atomic E-state index is -0.624. The lowest BCUT2D eigenvalue weighted by Crippen LogP contribution is -2.47. The average Bonchev–Trinajstić information content (AvgIpc) is 2.29. The molecule has 1 atom stereocenters. The van der Waals surface area contributed by atoms with Crippen molar-refractivity contribution < 1.29 is 9.59 Å². The van der Waals surface area contributed by atoms with Crippen molar-refractivity contribution >= 4 is 11.9 Å². The van der Waals surface area contributed by atoms with E-state index in [0.29, 0.717) is 6.42 Å². The maximum atomic E-state index is 11.5. The van der Waals surface area contributed by atoms with Crippen LogP contribution in [-0.4, -0.2) is 30.6 Å². The van der Waals surface area contributed by atoms with Crippen molar-refractivity contribution in [2.24, 2.45) is 0 Å². The van der Waals surface area contributed by atoms with Gasteiger partial charge in [0.2, 0.25) is 0 Å². The normalized spacial score (nSPS) is 34.2. The Morgan fingerprint density at radius 1 is 1.15 bits per heavy atom. The molecule has 2 saturated heterocycles. The van der Waals surface area contributed by atoms with Crippen LogP contribution in [0.15, 0.2) is 0 Å². The average molecular weight is 183 g/mol. The van der Waals surface area contributed by atoms with Gasteiger partial charge >= 0.3 is 6.03 Å².